The summed E-state index contributed by atoms with van der Waals surface area (Å²) < 4.78 is 10.8. The number of amides is 1. The van der Waals surface area contributed by atoms with E-state index in [0.29, 0.717) is 11.3 Å². The Hall–Kier alpha value is -3.28. The first-order valence-corrected chi connectivity index (χ1v) is 7.74. The molecular weight excluding hydrogens is 322 g/mol. The lowest BCUT2D eigenvalue weighted by Crippen LogP contribution is -2.22. The lowest BCUT2D eigenvalue weighted by Gasteiger charge is -2.06. The maximum Gasteiger partial charge on any atom is 0.341 e. The number of carboxylic acids is 1. The Morgan fingerprint density at radius 3 is 2.52 bits per heavy atom. The molecule has 0 aliphatic rings. The molecule has 0 spiro atoms. The number of rotatable bonds is 6. The minimum atomic E-state index is -1.05. The summed E-state index contributed by atoms with van der Waals surface area (Å²) in [5, 5.41) is 12.4. The number of ether oxygens (including phenoxy) is 1. The van der Waals surface area contributed by atoms with Crippen LogP contribution in [0, 0.1) is 6.92 Å². The summed E-state index contributed by atoms with van der Waals surface area (Å²) in [6, 6.07) is 14.0. The summed E-state index contributed by atoms with van der Waals surface area (Å²) in [6.07, 6.45) is 0. The normalized spacial score (nSPS) is 10.6. The van der Waals surface area contributed by atoms with Gasteiger partial charge >= 0.3 is 5.97 Å². The third kappa shape index (κ3) is 3.80. The van der Waals surface area contributed by atoms with Crippen LogP contribution < -0.4 is 10.1 Å². The SMILES string of the molecule is Cc1c(CNC(=O)c2ccc(OCC(=O)O)cc2)oc2ccccc12. The highest BCUT2D eigenvalue weighted by Gasteiger charge is 2.12. The number of carboxylic acid groups (broad SMARTS) is 1. The Bertz CT molecular complexity index is 911. The number of aliphatic carboxylic acids is 1. The predicted molar refractivity (Wildman–Crippen MR) is 91.7 cm³/mol. The number of nitrogens with one attached hydrogen (secondary N) is 1. The van der Waals surface area contributed by atoms with Crippen LogP contribution in [0.3, 0.4) is 0 Å². The molecule has 1 amide bonds. The minimum absolute atomic E-state index is 0.246. The molecule has 6 heteroatoms. The molecule has 0 fully saturated rings. The van der Waals surface area contributed by atoms with Gasteiger partial charge in [0.2, 0.25) is 0 Å². The van der Waals surface area contributed by atoms with E-state index in [2.05, 4.69) is 5.32 Å². The third-order valence-corrected chi connectivity index (χ3v) is 3.83. The second-order valence-electron chi connectivity index (χ2n) is 5.54. The monoisotopic (exact) mass is 339 g/mol. The minimum Gasteiger partial charge on any atom is -0.482 e. The van der Waals surface area contributed by atoms with Crippen LogP contribution in [0.4, 0.5) is 0 Å². The number of aryl methyl sites for hydroxylation is 1. The van der Waals surface area contributed by atoms with Gasteiger partial charge in [-0.25, -0.2) is 4.79 Å². The fourth-order valence-corrected chi connectivity index (χ4v) is 2.50. The maximum atomic E-state index is 12.2. The second kappa shape index (κ2) is 7.09. The molecule has 0 aliphatic carbocycles. The molecule has 128 valence electrons. The summed E-state index contributed by atoms with van der Waals surface area (Å²) in [5.74, 6) is -0.185. The summed E-state index contributed by atoms with van der Waals surface area (Å²) in [6.45, 7) is 1.83. The molecule has 3 aromatic rings. The van der Waals surface area contributed by atoms with Gasteiger partial charge in [0.1, 0.15) is 17.1 Å². The fourth-order valence-electron chi connectivity index (χ4n) is 2.50. The average molecular weight is 339 g/mol. The van der Waals surface area contributed by atoms with Gasteiger partial charge in [0.25, 0.3) is 5.91 Å². The molecule has 0 saturated carbocycles. The molecule has 6 nitrogen and oxygen atoms in total. The van der Waals surface area contributed by atoms with Crippen LogP contribution in [0.15, 0.2) is 52.9 Å². The Morgan fingerprint density at radius 1 is 1.12 bits per heavy atom. The second-order valence-corrected chi connectivity index (χ2v) is 5.54. The van der Waals surface area contributed by atoms with Crippen LogP contribution in [0.2, 0.25) is 0 Å². The molecule has 0 atom stereocenters. The Morgan fingerprint density at radius 2 is 1.84 bits per heavy atom. The van der Waals surface area contributed by atoms with Gasteiger partial charge < -0.3 is 19.6 Å². The van der Waals surface area contributed by atoms with E-state index in [-0.39, 0.29) is 12.5 Å². The molecule has 0 aliphatic heterocycles. The highest BCUT2D eigenvalue weighted by Crippen LogP contribution is 2.24. The third-order valence-electron chi connectivity index (χ3n) is 3.83. The number of carbonyl (C=O) groups excluding carboxylic acids is 1. The highest BCUT2D eigenvalue weighted by molar-refractivity contribution is 5.94. The van der Waals surface area contributed by atoms with Crippen molar-refractivity contribution in [1.82, 2.24) is 5.32 Å². The standard InChI is InChI=1S/C19H17NO5/c1-12-15-4-2-3-5-16(15)25-17(12)10-20-19(23)13-6-8-14(9-7-13)24-11-18(21)22/h2-9H,10-11H2,1H3,(H,20,23)(H,21,22). The van der Waals surface area contributed by atoms with Crippen LogP contribution in [-0.2, 0) is 11.3 Å². The van der Waals surface area contributed by atoms with Crippen molar-refractivity contribution in [1.29, 1.82) is 0 Å². The topological polar surface area (TPSA) is 88.8 Å². The van der Waals surface area contributed by atoms with Gasteiger partial charge in [0.05, 0.1) is 6.54 Å². The van der Waals surface area contributed by atoms with E-state index in [1.807, 2.05) is 31.2 Å². The van der Waals surface area contributed by atoms with Gasteiger partial charge in [0, 0.05) is 16.5 Å². The van der Waals surface area contributed by atoms with Gasteiger partial charge in [-0.3, -0.25) is 4.79 Å². The van der Waals surface area contributed by atoms with Crippen molar-refractivity contribution >= 4 is 22.8 Å². The van der Waals surface area contributed by atoms with Crippen molar-refractivity contribution < 1.29 is 23.8 Å². The molecule has 0 saturated heterocycles. The van der Waals surface area contributed by atoms with Crippen molar-refractivity contribution in [2.24, 2.45) is 0 Å². The molecule has 1 heterocycles. The molecule has 25 heavy (non-hydrogen) atoms. The van der Waals surface area contributed by atoms with E-state index < -0.39 is 12.6 Å². The zero-order valence-electron chi connectivity index (χ0n) is 13.6. The number of para-hydroxylation sites is 1. The predicted octanol–water partition coefficient (Wildman–Crippen LogP) is 3.13. The number of fused-ring (bicyclic) bond motifs is 1. The summed E-state index contributed by atoms with van der Waals surface area (Å²) >= 11 is 0. The van der Waals surface area contributed by atoms with Gasteiger partial charge in [-0.05, 0) is 37.3 Å². The molecule has 0 bridgehead atoms. The molecule has 3 rings (SSSR count). The molecule has 1 aromatic heterocycles. The van der Waals surface area contributed by atoms with E-state index in [1.165, 1.54) is 0 Å². The number of carbonyl (C=O) groups is 2. The lowest BCUT2D eigenvalue weighted by atomic mass is 10.1. The first-order chi connectivity index (χ1) is 12.0. The number of furan rings is 1. The fraction of sp³-hybridized carbons (Fsp3) is 0.158. The smallest absolute Gasteiger partial charge is 0.341 e. The van der Waals surface area contributed by atoms with Crippen LogP contribution in [-0.4, -0.2) is 23.6 Å². The molecular formula is C19H17NO5. The summed E-state index contributed by atoms with van der Waals surface area (Å²) in [4.78, 5) is 22.7. The Kier molecular flexibility index (Phi) is 4.70. The van der Waals surface area contributed by atoms with Crippen molar-refractivity contribution in [3.05, 3.63) is 65.4 Å². The van der Waals surface area contributed by atoms with Crippen molar-refractivity contribution in [2.75, 3.05) is 6.61 Å². The molecule has 2 aromatic carbocycles. The first-order valence-electron chi connectivity index (χ1n) is 7.74. The van der Waals surface area contributed by atoms with E-state index >= 15 is 0 Å². The van der Waals surface area contributed by atoms with E-state index in [9.17, 15) is 9.59 Å². The van der Waals surface area contributed by atoms with Crippen molar-refractivity contribution in [3.63, 3.8) is 0 Å². The largest absolute Gasteiger partial charge is 0.482 e. The van der Waals surface area contributed by atoms with Gasteiger partial charge in [-0.2, -0.15) is 0 Å². The lowest BCUT2D eigenvalue weighted by molar-refractivity contribution is -0.139. The first kappa shape index (κ1) is 16.6. The van der Waals surface area contributed by atoms with Crippen LogP contribution >= 0.6 is 0 Å². The molecule has 0 unspecified atom stereocenters. The Labute approximate surface area is 144 Å². The van der Waals surface area contributed by atoms with Gasteiger partial charge in [-0.15, -0.1) is 0 Å². The quantitative estimate of drug-likeness (QED) is 0.720. The van der Waals surface area contributed by atoms with E-state index in [0.717, 1.165) is 22.3 Å². The zero-order chi connectivity index (χ0) is 17.8. The number of hydrogen-bond donors (Lipinski definition) is 2. The van der Waals surface area contributed by atoms with Crippen molar-refractivity contribution in [3.8, 4) is 5.75 Å². The average Bonchev–Trinajstić information content (AvgIpc) is 2.94. The van der Waals surface area contributed by atoms with E-state index in [1.54, 1.807) is 24.3 Å². The summed E-state index contributed by atoms with van der Waals surface area (Å²) in [5.41, 5.74) is 2.26. The summed E-state index contributed by atoms with van der Waals surface area (Å²) in [7, 11) is 0. The number of benzene rings is 2. The molecule has 0 radical (unpaired) electrons. The highest BCUT2D eigenvalue weighted by atomic mass is 16.5. The number of hydrogen-bond acceptors (Lipinski definition) is 4. The van der Waals surface area contributed by atoms with Gasteiger partial charge in [0.15, 0.2) is 6.61 Å². The maximum absolute atomic E-state index is 12.2. The Balaban J connectivity index is 1.63. The van der Waals surface area contributed by atoms with Crippen LogP contribution in [0.1, 0.15) is 21.7 Å². The van der Waals surface area contributed by atoms with E-state index in [4.69, 9.17) is 14.3 Å². The van der Waals surface area contributed by atoms with Gasteiger partial charge in [-0.1, -0.05) is 18.2 Å². The molecule has 2 N–H and O–H groups in total. The van der Waals surface area contributed by atoms with Crippen LogP contribution in [0.25, 0.3) is 11.0 Å². The zero-order valence-corrected chi connectivity index (χ0v) is 13.6. The van der Waals surface area contributed by atoms with Crippen molar-refractivity contribution in [2.45, 2.75) is 13.5 Å². The van der Waals surface area contributed by atoms with Crippen LogP contribution in [0.5, 0.6) is 5.75 Å².